The summed E-state index contributed by atoms with van der Waals surface area (Å²) in [5, 5.41) is 8.05. The van der Waals surface area contributed by atoms with Gasteiger partial charge in [-0.15, -0.1) is 0 Å². The fourth-order valence-electron chi connectivity index (χ4n) is 4.33. The Hall–Kier alpha value is -2.96. The summed E-state index contributed by atoms with van der Waals surface area (Å²) >= 11 is 3.47. The fourth-order valence-corrected chi connectivity index (χ4v) is 4.59. The van der Waals surface area contributed by atoms with E-state index >= 15 is 0 Å². The van der Waals surface area contributed by atoms with Gasteiger partial charge in [0.15, 0.2) is 0 Å². The lowest BCUT2D eigenvalue weighted by Crippen LogP contribution is -2.62. The number of nitrogens with one attached hydrogen (secondary N) is 2. The molecule has 2 N–H and O–H groups in total. The molecule has 0 aliphatic carbocycles. The number of fused-ring (bicyclic) bond motifs is 1. The highest BCUT2D eigenvalue weighted by Gasteiger charge is 2.44. The highest BCUT2D eigenvalue weighted by atomic mass is 79.9. The highest BCUT2D eigenvalue weighted by molar-refractivity contribution is 9.10. The number of carbonyl (C=O) groups excluding carboxylic acids is 1. The molecule has 4 rings (SSSR count). The summed E-state index contributed by atoms with van der Waals surface area (Å²) in [6.07, 6.45) is 0.852. The van der Waals surface area contributed by atoms with E-state index in [1.807, 2.05) is 79.7 Å². The fraction of sp³-hybridized carbons (Fsp3) is 0.259. The van der Waals surface area contributed by atoms with E-state index in [1.54, 1.807) is 0 Å². The van der Waals surface area contributed by atoms with E-state index in [4.69, 9.17) is 4.74 Å². The van der Waals surface area contributed by atoms with Gasteiger partial charge < -0.3 is 4.74 Å². The van der Waals surface area contributed by atoms with E-state index in [0.29, 0.717) is 5.71 Å². The van der Waals surface area contributed by atoms with Gasteiger partial charge in [-0.05, 0) is 62.6 Å². The molecule has 0 aromatic heterocycles. The van der Waals surface area contributed by atoms with E-state index in [9.17, 15) is 4.79 Å². The largest absolute Gasteiger partial charge is 0.487 e. The molecule has 0 saturated heterocycles. The van der Waals surface area contributed by atoms with Crippen molar-refractivity contribution < 1.29 is 9.53 Å². The summed E-state index contributed by atoms with van der Waals surface area (Å²) in [4.78, 5) is 13.5. The normalized spacial score (nSPS) is 19.5. The molecule has 0 saturated carbocycles. The van der Waals surface area contributed by atoms with Crippen LogP contribution >= 0.6 is 15.9 Å². The highest BCUT2D eigenvalue weighted by Crippen LogP contribution is 2.34. The van der Waals surface area contributed by atoms with E-state index in [-0.39, 0.29) is 18.1 Å². The lowest BCUT2D eigenvalue weighted by Gasteiger charge is -2.44. The monoisotopic (exact) mass is 505 g/mol. The molecule has 0 spiro atoms. The first kappa shape index (κ1) is 23.2. The van der Waals surface area contributed by atoms with Crippen LogP contribution in [0.25, 0.3) is 0 Å². The van der Waals surface area contributed by atoms with Crippen LogP contribution in [0.1, 0.15) is 37.5 Å². The number of halogens is 1. The van der Waals surface area contributed by atoms with Crippen LogP contribution in [0, 0.1) is 0 Å². The molecule has 1 heterocycles. The van der Waals surface area contributed by atoms with Crippen molar-refractivity contribution in [3.05, 3.63) is 100 Å². The van der Waals surface area contributed by atoms with Gasteiger partial charge in [-0.3, -0.25) is 10.1 Å². The van der Waals surface area contributed by atoms with Crippen molar-refractivity contribution >= 4 is 27.5 Å². The molecule has 1 aliphatic rings. The quantitative estimate of drug-likeness (QED) is 0.358. The Balaban J connectivity index is 1.61. The molecule has 33 heavy (non-hydrogen) atoms. The molecule has 1 aliphatic heterocycles. The second kappa shape index (κ2) is 9.49. The van der Waals surface area contributed by atoms with Gasteiger partial charge in [0, 0.05) is 15.6 Å². The molecule has 0 radical (unpaired) electrons. The molecule has 5 nitrogen and oxygen atoms in total. The topological polar surface area (TPSA) is 62.7 Å². The van der Waals surface area contributed by atoms with Crippen molar-refractivity contribution in [3.63, 3.8) is 0 Å². The van der Waals surface area contributed by atoms with Crippen LogP contribution in [0.5, 0.6) is 5.75 Å². The molecule has 1 amide bonds. The first-order chi connectivity index (χ1) is 15.8. The Kier molecular flexibility index (Phi) is 6.68. The Morgan fingerprint density at radius 2 is 1.67 bits per heavy atom. The lowest BCUT2D eigenvalue weighted by molar-refractivity contribution is -0.128. The molecule has 6 heteroatoms. The van der Waals surface area contributed by atoms with Crippen molar-refractivity contribution in [2.45, 2.75) is 38.3 Å². The smallest absolute Gasteiger partial charge is 0.264 e. The number of para-hydroxylation sites is 1. The number of ether oxygens (including phenoxy) is 1. The van der Waals surface area contributed by atoms with Gasteiger partial charge in [0.2, 0.25) is 0 Å². The maximum Gasteiger partial charge on any atom is 0.264 e. The number of carbonyl (C=O) groups is 1. The summed E-state index contributed by atoms with van der Waals surface area (Å²) in [5.41, 5.74) is 5.33. The van der Waals surface area contributed by atoms with Crippen molar-refractivity contribution in [1.29, 1.82) is 0 Å². The van der Waals surface area contributed by atoms with Crippen LogP contribution in [-0.2, 0) is 16.8 Å². The van der Waals surface area contributed by atoms with Crippen molar-refractivity contribution in [3.8, 4) is 5.75 Å². The maximum absolute atomic E-state index is 13.5. The minimum atomic E-state index is -0.910. The van der Waals surface area contributed by atoms with Gasteiger partial charge in [0.25, 0.3) is 5.91 Å². The zero-order valence-electron chi connectivity index (χ0n) is 19.1. The zero-order chi connectivity index (χ0) is 23.5. The SMILES string of the molecule is CC1(C)Cc2ccccc2[C@](C)(C(=O)N/N=C(/COc2ccccc2)c2ccc(Br)cc2)N1. The van der Waals surface area contributed by atoms with E-state index in [1.165, 1.54) is 5.56 Å². The number of hydrazone groups is 1. The van der Waals surface area contributed by atoms with Gasteiger partial charge >= 0.3 is 0 Å². The van der Waals surface area contributed by atoms with Gasteiger partial charge in [0.1, 0.15) is 23.6 Å². The van der Waals surface area contributed by atoms with Crippen LogP contribution in [0.4, 0.5) is 0 Å². The number of amides is 1. The maximum atomic E-state index is 13.5. The zero-order valence-corrected chi connectivity index (χ0v) is 20.6. The van der Waals surface area contributed by atoms with Gasteiger partial charge in [-0.2, -0.15) is 5.10 Å². The predicted molar refractivity (Wildman–Crippen MR) is 135 cm³/mol. The van der Waals surface area contributed by atoms with Crippen molar-refractivity contribution in [1.82, 2.24) is 10.7 Å². The molecule has 0 fully saturated rings. The third-order valence-electron chi connectivity index (χ3n) is 5.82. The number of hydrogen-bond acceptors (Lipinski definition) is 4. The minimum Gasteiger partial charge on any atom is -0.487 e. The van der Waals surface area contributed by atoms with Crippen molar-refractivity contribution in [2.24, 2.45) is 5.10 Å². The summed E-state index contributed by atoms with van der Waals surface area (Å²) in [5.74, 6) is 0.530. The van der Waals surface area contributed by atoms with Crippen LogP contribution in [-0.4, -0.2) is 23.8 Å². The average molecular weight is 506 g/mol. The number of nitrogens with zero attached hydrogens (tertiary/aromatic N) is 1. The molecular weight excluding hydrogens is 478 g/mol. The number of hydrogen-bond donors (Lipinski definition) is 2. The summed E-state index contributed by atoms with van der Waals surface area (Å²) in [6, 6.07) is 25.4. The molecule has 0 bridgehead atoms. The molecule has 3 aromatic carbocycles. The molecule has 3 aromatic rings. The van der Waals surface area contributed by atoms with Gasteiger partial charge in [0.05, 0.1) is 0 Å². The number of benzene rings is 3. The summed E-state index contributed by atoms with van der Waals surface area (Å²) in [7, 11) is 0. The summed E-state index contributed by atoms with van der Waals surface area (Å²) in [6.45, 7) is 6.35. The standard InChI is InChI=1S/C27H28BrN3O2/c1-26(2)17-20-9-7-8-12-23(20)27(3,31-26)25(32)30-29-24(19-13-15-21(28)16-14-19)18-33-22-10-5-4-6-11-22/h4-16,31H,17-18H2,1-3H3,(H,30,32)/b29-24-/t27-/m1/s1. The molecular formula is C27H28BrN3O2. The Labute approximate surface area is 203 Å². The summed E-state index contributed by atoms with van der Waals surface area (Å²) < 4.78 is 6.90. The van der Waals surface area contributed by atoms with Crippen molar-refractivity contribution in [2.75, 3.05) is 6.61 Å². The van der Waals surface area contributed by atoms with E-state index in [0.717, 1.165) is 27.8 Å². The predicted octanol–water partition coefficient (Wildman–Crippen LogP) is 5.19. The Bertz CT molecular complexity index is 1160. The third-order valence-corrected chi connectivity index (χ3v) is 6.35. The first-order valence-electron chi connectivity index (χ1n) is 11.0. The first-order valence-corrected chi connectivity index (χ1v) is 11.7. The molecule has 170 valence electrons. The third kappa shape index (κ3) is 5.34. The average Bonchev–Trinajstić information content (AvgIpc) is 2.79. The second-order valence-electron chi connectivity index (χ2n) is 9.08. The molecule has 1 atom stereocenters. The Morgan fingerprint density at radius 3 is 2.39 bits per heavy atom. The van der Waals surface area contributed by atoms with Crippen LogP contribution in [0.15, 0.2) is 88.4 Å². The van der Waals surface area contributed by atoms with Crippen LogP contribution in [0.2, 0.25) is 0 Å². The van der Waals surface area contributed by atoms with E-state index in [2.05, 4.69) is 51.7 Å². The lowest BCUT2D eigenvalue weighted by atomic mass is 9.76. The van der Waals surface area contributed by atoms with Crippen LogP contribution < -0.4 is 15.5 Å². The van der Waals surface area contributed by atoms with Crippen LogP contribution in [0.3, 0.4) is 0 Å². The second-order valence-corrected chi connectivity index (χ2v) is 9.99. The van der Waals surface area contributed by atoms with Gasteiger partial charge in [-0.25, -0.2) is 5.43 Å². The minimum absolute atomic E-state index is 0.211. The van der Waals surface area contributed by atoms with Gasteiger partial charge in [-0.1, -0.05) is 70.5 Å². The molecule has 0 unspecified atom stereocenters. The number of rotatable bonds is 6. The van der Waals surface area contributed by atoms with E-state index < -0.39 is 5.54 Å². The Morgan fingerprint density at radius 1 is 1.00 bits per heavy atom.